The predicted octanol–water partition coefficient (Wildman–Crippen LogP) is 0.369. The molecule has 1 aliphatic heterocycles. The van der Waals surface area contributed by atoms with Crippen LogP contribution in [0.25, 0.3) is 0 Å². The molecule has 0 atom stereocenters. The van der Waals surface area contributed by atoms with Crippen molar-refractivity contribution in [3.05, 3.63) is 17.0 Å². The molecule has 7 nitrogen and oxygen atoms in total. The Labute approximate surface area is 136 Å². The average Bonchev–Trinajstić information content (AvgIpc) is 2.90. The minimum Gasteiger partial charge on any atom is -0.356 e. The van der Waals surface area contributed by atoms with Gasteiger partial charge in [-0.2, -0.15) is 5.10 Å². The first-order valence-corrected chi connectivity index (χ1v) is 7.42. The number of hydrogen-bond acceptors (Lipinski definition) is 4. The zero-order valence-corrected chi connectivity index (χ0v) is 13.8. The lowest BCUT2D eigenvalue weighted by Gasteiger charge is -2.13. The summed E-state index contributed by atoms with van der Waals surface area (Å²) in [7, 11) is 0. The van der Waals surface area contributed by atoms with E-state index in [2.05, 4.69) is 26.1 Å². The Balaban J connectivity index is 0.00000242. The molecule has 1 aromatic rings. The van der Waals surface area contributed by atoms with E-state index in [0.717, 1.165) is 24.2 Å². The van der Waals surface area contributed by atoms with Gasteiger partial charge in [0.1, 0.15) is 0 Å². The molecule has 2 rings (SSSR count). The maximum Gasteiger partial charge on any atom is 0.272 e. The number of halogens is 1. The lowest BCUT2D eigenvalue weighted by molar-refractivity contribution is -0.123. The highest BCUT2D eigenvalue weighted by atomic mass is 35.5. The van der Waals surface area contributed by atoms with E-state index in [9.17, 15) is 9.59 Å². The van der Waals surface area contributed by atoms with E-state index in [1.165, 1.54) is 0 Å². The number of rotatable bonds is 6. The van der Waals surface area contributed by atoms with Crippen LogP contribution in [0.15, 0.2) is 0 Å². The van der Waals surface area contributed by atoms with Crippen molar-refractivity contribution in [1.29, 1.82) is 0 Å². The highest BCUT2D eigenvalue weighted by molar-refractivity contribution is 5.94. The fraction of sp³-hybridized carbons (Fsp3) is 0.643. The van der Waals surface area contributed by atoms with Crippen LogP contribution in [0, 0.1) is 5.92 Å². The summed E-state index contributed by atoms with van der Waals surface area (Å²) in [5.41, 5.74) is 2.48. The molecule has 0 fully saturated rings. The smallest absolute Gasteiger partial charge is 0.272 e. The fourth-order valence-electron chi connectivity index (χ4n) is 2.20. The van der Waals surface area contributed by atoms with Gasteiger partial charge in [0.15, 0.2) is 5.69 Å². The summed E-state index contributed by atoms with van der Waals surface area (Å²) in [6, 6.07) is 0. The molecule has 8 heteroatoms. The monoisotopic (exact) mass is 329 g/mol. The number of hydrogen-bond donors (Lipinski definition) is 4. The zero-order chi connectivity index (χ0) is 15.2. The van der Waals surface area contributed by atoms with E-state index < -0.39 is 0 Å². The Morgan fingerprint density at radius 2 is 2.00 bits per heavy atom. The number of aromatic amines is 1. The molecule has 2 amide bonds. The molecule has 0 unspecified atom stereocenters. The number of nitrogens with one attached hydrogen (secondary N) is 4. The summed E-state index contributed by atoms with van der Waals surface area (Å²) in [4.78, 5) is 23.4. The highest BCUT2D eigenvalue weighted by Gasteiger charge is 2.20. The summed E-state index contributed by atoms with van der Waals surface area (Å²) >= 11 is 0. The predicted molar refractivity (Wildman–Crippen MR) is 86.0 cm³/mol. The van der Waals surface area contributed by atoms with Gasteiger partial charge in [-0.25, -0.2) is 0 Å². The SMILES string of the molecule is CC(C)C(=O)NCCCNC(=O)c1n[nH]c2c1CNCC2.Cl. The van der Waals surface area contributed by atoms with Crippen LogP contribution in [0.4, 0.5) is 0 Å². The van der Waals surface area contributed by atoms with Gasteiger partial charge < -0.3 is 16.0 Å². The Kier molecular flexibility index (Phi) is 7.34. The van der Waals surface area contributed by atoms with E-state index in [1.807, 2.05) is 13.8 Å². The van der Waals surface area contributed by atoms with Gasteiger partial charge in [0, 0.05) is 49.8 Å². The van der Waals surface area contributed by atoms with E-state index in [-0.39, 0.29) is 30.1 Å². The molecule has 0 aliphatic carbocycles. The molecular formula is C14H24ClN5O2. The molecule has 0 radical (unpaired) electrons. The topological polar surface area (TPSA) is 98.9 Å². The van der Waals surface area contributed by atoms with Crippen molar-refractivity contribution in [2.75, 3.05) is 19.6 Å². The number of nitrogens with zero attached hydrogens (tertiary/aromatic N) is 1. The minimum absolute atomic E-state index is 0. The van der Waals surface area contributed by atoms with Gasteiger partial charge in [0.05, 0.1) is 0 Å². The molecule has 1 aromatic heterocycles. The number of fused-ring (bicyclic) bond motifs is 1. The van der Waals surface area contributed by atoms with Gasteiger partial charge in [-0.15, -0.1) is 12.4 Å². The number of amides is 2. The third-order valence-corrected chi connectivity index (χ3v) is 3.48. The standard InChI is InChI=1S/C14H23N5O2.ClH/c1-9(2)13(20)16-5-3-6-17-14(21)12-10-8-15-7-4-11(10)18-19-12;/h9,15H,3-8H2,1-2H3,(H,16,20)(H,17,21)(H,18,19);1H. The molecule has 4 N–H and O–H groups in total. The van der Waals surface area contributed by atoms with Crippen molar-refractivity contribution in [3.63, 3.8) is 0 Å². The second-order valence-electron chi connectivity index (χ2n) is 5.51. The van der Waals surface area contributed by atoms with Gasteiger partial charge in [-0.3, -0.25) is 14.7 Å². The van der Waals surface area contributed by atoms with E-state index in [1.54, 1.807) is 0 Å². The number of carbonyl (C=O) groups excluding carboxylic acids is 2. The Morgan fingerprint density at radius 1 is 1.27 bits per heavy atom. The van der Waals surface area contributed by atoms with Gasteiger partial charge in [0.25, 0.3) is 5.91 Å². The zero-order valence-electron chi connectivity index (χ0n) is 13.0. The third kappa shape index (κ3) is 4.71. The Hall–Kier alpha value is -1.60. The van der Waals surface area contributed by atoms with Crippen LogP contribution in [0.1, 0.15) is 42.0 Å². The summed E-state index contributed by atoms with van der Waals surface area (Å²) < 4.78 is 0. The fourth-order valence-corrected chi connectivity index (χ4v) is 2.20. The number of carbonyl (C=O) groups is 2. The first kappa shape index (κ1) is 18.4. The molecule has 0 aromatic carbocycles. The van der Waals surface area contributed by atoms with Crippen LogP contribution in [0.5, 0.6) is 0 Å². The first-order valence-electron chi connectivity index (χ1n) is 7.42. The van der Waals surface area contributed by atoms with Gasteiger partial charge in [-0.1, -0.05) is 13.8 Å². The molecular weight excluding hydrogens is 306 g/mol. The van der Waals surface area contributed by atoms with Crippen molar-refractivity contribution in [2.24, 2.45) is 5.92 Å². The third-order valence-electron chi connectivity index (χ3n) is 3.48. The lowest BCUT2D eigenvalue weighted by atomic mass is 10.1. The molecule has 1 aliphatic rings. The van der Waals surface area contributed by atoms with Crippen molar-refractivity contribution in [3.8, 4) is 0 Å². The van der Waals surface area contributed by atoms with Crippen molar-refractivity contribution < 1.29 is 9.59 Å². The average molecular weight is 330 g/mol. The normalized spacial score (nSPS) is 13.2. The largest absolute Gasteiger partial charge is 0.356 e. The van der Waals surface area contributed by atoms with Crippen LogP contribution in [-0.2, 0) is 17.8 Å². The second kappa shape index (κ2) is 8.75. The van der Waals surface area contributed by atoms with Gasteiger partial charge in [-0.05, 0) is 6.42 Å². The number of H-pyrrole nitrogens is 1. The van der Waals surface area contributed by atoms with Crippen molar-refractivity contribution in [1.82, 2.24) is 26.1 Å². The first-order chi connectivity index (χ1) is 10.1. The molecule has 0 saturated heterocycles. The van der Waals surface area contributed by atoms with Crippen molar-refractivity contribution in [2.45, 2.75) is 33.2 Å². The Bertz CT molecular complexity index is 515. The van der Waals surface area contributed by atoms with Crippen LogP contribution in [-0.4, -0.2) is 41.6 Å². The van der Waals surface area contributed by atoms with Crippen molar-refractivity contribution >= 4 is 24.2 Å². The maximum atomic E-state index is 12.1. The van der Waals surface area contributed by atoms with E-state index >= 15 is 0 Å². The van der Waals surface area contributed by atoms with Crippen LogP contribution < -0.4 is 16.0 Å². The molecule has 0 bridgehead atoms. The molecule has 124 valence electrons. The maximum absolute atomic E-state index is 12.1. The van der Waals surface area contributed by atoms with Crippen LogP contribution in [0.2, 0.25) is 0 Å². The van der Waals surface area contributed by atoms with Gasteiger partial charge in [0.2, 0.25) is 5.91 Å². The summed E-state index contributed by atoms with van der Waals surface area (Å²) in [5.74, 6) is -0.136. The van der Waals surface area contributed by atoms with Crippen LogP contribution in [0.3, 0.4) is 0 Å². The quantitative estimate of drug-likeness (QED) is 0.567. The molecule has 0 saturated carbocycles. The van der Waals surface area contributed by atoms with E-state index in [4.69, 9.17) is 0 Å². The van der Waals surface area contributed by atoms with Crippen LogP contribution >= 0.6 is 12.4 Å². The molecule has 2 heterocycles. The highest BCUT2D eigenvalue weighted by Crippen LogP contribution is 2.14. The minimum atomic E-state index is -0.161. The van der Waals surface area contributed by atoms with Gasteiger partial charge >= 0.3 is 0 Å². The summed E-state index contributed by atoms with van der Waals surface area (Å²) in [6.45, 7) is 6.38. The number of aromatic nitrogens is 2. The Morgan fingerprint density at radius 3 is 2.73 bits per heavy atom. The molecule has 22 heavy (non-hydrogen) atoms. The second-order valence-corrected chi connectivity index (χ2v) is 5.51. The lowest BCUT2D eigenvalue weighted by Crippen LogP contribution is -2.32. The molecule has 0 spiro atoms. The van der Waals surface area contributed by atoms with E-state index in [0.29, 0.717) is 31.7 Å². The summed E-state index contributed by atoms with van der Waals surface area (Å²) in [6.07, 6.45) is 1.58. The summed E-state index contributed by atoms with van der Waals surface area (Å²) in [5, 5.41) is 15.9.